The van der Waals surface area contributed by atoms with Crippen LogP contribution in [0.25, 0.3) is 0 Å². The van der Waals surface area contributed by atoms with E-state index in [-0.39, 0.29) is 12.2 Å². The molecule has 0 saturated heterocycles. The summed E-state index contributed by atoms with van der Waals surface area (Å²) < 4.78 is 0. The maximum atomic E-state index is 10.4. The van der Waals surface area contributed by atoms with Crippen LogP contribution in [0.15, 0.2) is 36.6 Å². The molecule has 14 heavy (non-hydrogen) atoms. The molecule has 74 valence electrons. The summed E-state index contributed by atoms with van der Waals surface area (Å²) in [5.41, 5.74) is 1.68. The van der Waals surface area contributed by atoms with E-state index < -0.39 is 5.97 Å². The summed E-state index contributed by atoms with van der Waals surface area (Å²) in [6.07, 6.45) is 0.438. The Labute approximate surface area is 82.3 Å². The molecular formula is C11H12O3. The van der Waals surface area contributed by atoms with E-state index in [1.165, 1.54) is 0 Å². The van der Waals surface area contributed by atoms with Gasteiger partial charge in [-0.15, -0.1) is 0 Å². The minimum atomic E-state index is -0.843. The van der Waals surface area contributed by atoms with Crippen LogP contribution in [0.2, 0.25) is 0 Å². The van der Waals surface area contributed by atoms with Gasteiger partial charge >= 0.3 is 5.97 Å². The molecule has 0 amide bonds. The van der Waals surface area contributed by atoms with Crippen molar-refractivity contribution < 1.29 is 15.0 Å². The van der Waals surface area contributed by atoms with E-state index in [1.807, 2.05) is 0 Å². The fourth-order valence-electron chi connectivity index (χ4n) is 1.19. The predicted molar refractivity (Wildman–Crippen MR) is 53.3 cm³/mol. The minimum absolute atomic E-state index is 0.0281. The van der Waals surface area contributed by atoms with Crippen LogP contribution in [0, 0.1) is 0 Å². The lowest BCUT2D eigenvalue weighted by Crippen LogP contribution is -1.99. The molecule has 0 fully saturated rings. The van der Waals surface area contributed by atoms with Crippen molar-refractivity contribution in [3.63, 3.8) is 0 Å². The Morgan fingerprint density at radius 2 is 1.50 bits per heavy atom. The van der Waals surface area contributed by atoms with Gasteiger partial charge in [0, 0.05) is 6.42 Å². The van der Waals surface area contributed by atoms with Crippen molar-refractivity contribution in [2.75, 3.05) is 0 Å². The fourth-order valence-corrected chi connectivity index (χ4v) is 1.19. The first kappa shape index (κ1) is 10.3. The van der Waals surface area contributed by atoms with Gasteiger partial charge < -0.3 is 10.2 Å². The van der Waals surface area contributed by atoms with Crippen LogP contribution in [0.3, 0.4) is 0 Å². The molecule has 0 spiro atoms. The quantitative estimate of drug-likeness (QED) is 0.716. The average molecular weight is 192 g/mol. The summed E-state index contributed by atoms with van der Waals surface area (Å²) in [5, 5.41) is 17.5. The average Bonchev–Trinajstić information content (AvgIpc) is 2.06. The Hall–Kier alpha value is -1.77. The highest BCUT2D eigenvalue weighted by atomic mass is 16.4. The molecule has 2 N–H and O–H groups in total. The van der Waals surface area contributed by atoms with Gasteiger partial charge in [0.2, 0.25) is 0 Å². The lowest BCUT2D eigenvalue weighted by molar-refractivity contribution is -0.136. The van der Waals surface area contributed by atoms with E-state index in [1.54, 1.807) is 24.3 Å². The molecule has 1 aromatic carbocycles. The monoisotopic (exact) mass is 192 g/mol. The standard InChI is InChI=1S/C11H12O3/c1-8(12)6-9-2-4-10(5-3-9)7-11(13)14/h2-5,12H,1,6-7H2,(H,13,14). The normalized spacial score (nSPS) is 9.71. The number of aliphatic hydroxyl groups is 1. The van der Waals surface area contributed by atoms with Crippen LogP contribution in [-0.2, 0) is 17.6 Å². The first-order valence-electron chi connectivity index (χ1n) is 4.24. The Balaban J connectivity index is 2.68. The number of carbonyl (C=O) groups is 1. The van der Waals surface area contributed by atoms with Gasteiger partial charge in [-0.1, -0.05) is 30.8 Å². The van der Waals surface area contributed by atoms with Crippen molar-refractivity contribution in [3.05, 3.63) is 47.7 Å². The molecule has 0 aliphatic heterocycles. The number of benzene rings is 1. The molecule has 0 aliphatic rings. The van der Waals surface area contributed by atoms with Crippen molar-refractivity contribution >= 4 is 5.97 Å². The van der Waals surface area contributed by atoms with Crippen LogP contribution in [-0.4, -0.2) is 16.2 Å². The number of rotatable bonds is 4. The second-order valence-corrected chi connectivity index (χ2v) is 3.13. The smallest absolute Gasteiger partial charge is 0.307 e. The summed E-state index contributed by atoms with van der Waals surface area (Å²) in [6.45, 7) is 3.38. The molecule has 0 aromatic heterocycles. The SMILES string of the molecule is C=C(O)Cc1ccc(CC(=O)O)cc1. The van der Waals surface area contributed by atoms with E-state index in [0.717, 1.165) is 11.1 Å². The zero-order valence-electron chi connectivity index (χ0n) is 7.73. The second kappa shape index (κ2) is 4.46. The third-order valence-electron chi connectivity index (χ3n) is 1.79. The third kappa shape index (κ3) is 3.31. The van der Waals surface area contributed by atoms with Crippen molar-refractivity contribution in [1.29, 1.82) is 0 Å². The maximum Gasteiger partial charge on any atom is 0.307 e. The van der Waals surface area contributed by atoms with Crippen molar-refractivity contribution in [3.8, 4) is 0 Å². The van der Waals surface area contributed by atoms with Crippen molar-refractivity contribution in [2.24, 2.45) is 0 Å². The van der Waals surface area contributed by atoms with E-state index in [0.29, 0.717) is 6.42 Å². The van der Waals surface area contributed by atoms with Crippen molar-refractivity contribution in [1.82, 2.24) is 0 Å². The highest BCUT2D eigenvalue weighted by Crippen LogP contribution is 2.08. The van der Waals surface area contributed by atoms with Gasteiger partial charge in [-0.2, -0.15) is 0 Å². The van der Waals surface area contributed by atoms with Crippen LogP contribution >= 0.6 is 0 Å². The highest BCUT2D eigenvalue weighted by molar-refractivity contribution is 5.70. The molecule has 0 radical (unpaired) electrons. The Bertz CT molecular complexity index is 303. The summed E-state index contributed by atoms with van der Waals surface area (Å²) in [7, 11) is 0. The predicted octanol–water partition coefficient (Wildman–Crippen LogP) is 1.93. The van der Waals surface area contributed by atoms with Gasteiger partial charge in [-0.05, 0) is 11.1 Å². The van der Waals surface area contributed by atoms with E-state index >= 15 is 0 Å². The molecule has 3 nitrogen and oxygen atoms in total. The van der Waals surface area contributed by atoms with Crippen molar-refractivity contribution in [2.45, 2.75) is 12.8 Å². The topological polar surface area (TPSA) is 57.5 Å². The molecule has 0 bridgehead atoms. The Kier molecular flexibility index (Phi) is 3.29. The number of hydrogen-bond donors (Lipinski definition) is 2. The zero-order valence-corrected chi connectivity index (χ0v) is 7.73. The fraction of sp³-hybridized carbons (Fsp3) is 0.182. The van der Waals surface area contributed by atoms with Gasteiger partial charge in [0.25, 0.3) is 0 Å². The molecule has 1 aromatic rings. The van der Waals surface area contributed by atoms with E-state index in [9.17, 15) is 4.79 Å². The van der Waals surface area contributed by atoms with Crippen LogP contribution in [0.4, 0.5) is 0 Å². The Morgan fingerprint density at radius 1 is 1.07 bits per heavy atom. The lowest BCUT2D eigenvalue weighted by Gasteiger charge is -2.01. The number of carboxylic acid groups (broad SMARTS) is 1. The van der Waals surface area contributed by atoms with Gasteiger partial charge in [0.1, 0.15) is 0 Å². The molecule has 3 heteroatoms. The Morgan fingerprint density at radius 3 is 1.86 bits per heavy atom. The molecule has 1 rings (SSSR count). The van der Waals surface area contributed by atoms with Crippen LogP contribution in [0.5, 0.6) is 0 Å². The van der Waals surface area contributed by atoms with Gasteiger partial charge in [-0.3, -0.25) is 4.79 Å². The largest absolute Gasteiger partial charge is 0.513 e. The second-order valence-electron chi connectivity index (χ2n) is 3.13. The first-order valence-corrected chi connectivity index (χ1v) is 4.24. The van der Waals surface area contributed by atoms with Gasteiger partial charge in [0.05, 0.1) is 12.2 Å². The first-order chi connectivity index (χ1) is 6.58. The van der Waals surface area contributed by atoms with E-state index in [2.05, 4.69) is 6.58 Å². The summed E-state index contributed by atoms with van der Waals surface area (Å²) >= 11 is 0. The number of aliphatic hydroxyl groups excluding tert-OH is 1. The highest BCUT2D eigenvalue weighted by Gasteiger charge is 2.00. The van der Waals surface area contributed by atoms with Gasteiger partial charge in [0.15, 0.2) is 0 Å². The molecular weight excluding hydrogens is 180 g/mol. The number of aliphatic carboxylic acids is 1. The minimum Gasteiger partial charge on any atom is -0.513 e. The number of allylic oxidation sites excluding steroid dienone is 1. The summed E-state index contributed by atoms with van der Waals surface area (Å²) in [5.74, 6) is -0.736. The van der Waals surface area contributed by atoms with Crippen LogP contribution < -0.4 is 0 Å². The lowest BCUT2D eigenvalue weighted by atomic mass is 10.1. The summed E-state index contributed by atoms with van der Waals surface area (Å²) in [4.78, 5) is 10.4. The maximum absolute atomic E-state index is 10.4. The zero-order chi connectivity index (χ0) is 10.6. The molecule has 0 unspecified atom stereocenters. The molecule has 0 heterocycles. The number of carboxylic acids is 1. The number of hydrogen-bond acceptors (Lipinski definition) is 2. The third-order valence-corrected chi connectivity index (χ3v) is 1.79. The molecule has 0 saturated carbocycles. The van der Waals surface area contributed by atoms with Gasteiger partial charge in [-0.25, -0.2) is 0 Å². The molecule has 0 atom stereocenters. The van der Waals surface area contributed by atoms with Crippen LogP contribution in [0.1, 0.15) is 11.1 Å². The molecule has 0 aliphatic carbocycles. The van der Waals surface area contributed by atoms with E-state index in [4.69, 9.17) is 10.2 Å². The summed E-state index contributed by atoms with van der Waals surface area (Å²) in [6, 6.07) is 7.07.